The molecule has 0 heterocycles. The average molecular weight is 309 g/mol. The lowest BCUT2D eigenvalue weighted by molar-refractivity contribution is -0.119. The Balaban J connectivity index is 1.67. The van der Waals surface area contributed by atoms with E-state index in [0.29, 0.717) is 6.10 Å². The SMILES string of the molecule is CC(=O)NC(C)c1ccc(-c2ccc(OC3CCC3)cc2)cc1. The summed E-state index contributed by atoms with van der Waals surface area (Å²) in [5.41, 5.74) is 3.44. The molecule has 0 radical (unpaired) electrons. The van der Waals surface area contributed by atoms with Crippen LogP contribution in [-0.4, -0.2) is 12.0 Å². The van der Waals surface area contributed by atoms with Gasteiger partial charge in [0.05, 0.1) is 12.1 Å². The highest BCUT2D eigenvalue weighted by Gasteiger charge is 2.18. The van der Waals surface area contributed by atoms with Crippen LogP contribution < -0.4 is 10.1 Å². The quantitative estimate of drug-likeness (QED) is 0.884. The second-order valence-corrected chi connectivity index (χ2v) is 6.24. The summed E-state index contributed by atoms with van der Waals surface area (Å²) in [4.78, 5) is 11.1. The standard InChI is InChI=1S/C20H23NO2/c1-14(21-15(2)22)16-6-8-17(9-7-16)18-10-12-20(13-11-18)23-19-4-3-5-19/h6-14,19H,3-5H2,1-2H3,(H,21,22). The van der Waals surface area contributed by atoms with Gasteiger partial charge in [-0.1, -0.05) is 36.4 Å². The third-order valence-electron chi connectivity index (χ3n) is 4.37. The lowest BCUT2D eigenvalue weighted by atomic mass is 9.96. The minimum absolute atomic E-state index is 0.0105. The summed E-state index contributed by atoms with van der Waals surface area (Å²) in [7, 11) is 0. The molecule has 3 nitrogen and oxygen atoms in total. The number of hydrogen-bond donors (Lipinski definition) is 1. The van der Waals surface area contributed by atoms with Gasteiger partial charge in [0, 0.05) is 6.92 Å². The van der Waals surface area contributed by atoms with Crippen molar-refractivity contribution in [3.63, 3.8) is 0 Å². The summed E-state index contributed by atoms with van der Waals surface area (Å²) < 4.78 is 5.89. The van der Waals surface area contributed by atoms with Gasteiger partial charge in [-0.25, -0.2) is 0 Å². The Morgan fingerprint density at radius 2 is 1.61 bits per heavy atom. The molecule has 1 fully saturated rings. The normalized spacial score (nSPS) is 15.6. The van der Waals surface area contributed by atoms with Crippen LogP contribution in [0.25, 0.3) is 11.1 Å². The van der Waals surface area contributed by atoms with E-state index >= 15 is 0 Å². The van der Waals surface area contributed by atoms with Crippen LogP contribution in [0, 0.1) is 0 Å². The number of carbonyl (C=O) groups excluding carboxylic acids is 1. The van der Waals surface area contributed by atoms with E-state index in [9.17, 15) is 4.79 Å². The molecule has 23 heavy (non-hydrogen) atoms. The molecule has 1 aliphatic carbocycles. The smallest absolute Gasteiger partial charge is 0.217 e. The zero-order chi connectivity index (χ0) is 16.2. The van der Waals surface area contributed by atoms with Crippen molar-refractivity contribution in [3.05, 3.63) is 54.1 Å². The molecule has 1 atom stereocenters. The second kappa shape index (κ2) is 6.86. The fourth-order valence-corrected chi connectivity index (χ4v) is 2.76. The molecule has 1 saturated carbocycles. The molecular weight excluding hydrogens is 286 g/mol. The van der Waals surface area contributed by atoms with E-state index in [0.717, 1.165) is 11.3 Å². The van der Waals surface area contributed by atoms with Crippen molar-refractivity contribution in [1.82, 2.24) is 5.32 Å². The Kier molecular flexibility index (Phi) is 4.65. The van der Waals surface area contributed by atoms with Gasteiger partial charge < -0.3 is 10.1 Å². The van der Waals surface area contributed by atoms with Crippen molar-refractivity contribution < 1.29 is 9.53 Å². The number of nitrogens with one attached hydrogen (secondary N) is 1. The van der Waals surface area contributed by atoms with Crippen molar-refractivity contribution in [2.24, 2.45) is 0 Å². The first-order valence-corrected chi connectivity index (χ1v) is 8.26. The fourth-order valence-electron chi connectivity index (χ4n) is 2.76. The van der Waals surface area contributed by atoms with E-state index in [1.54, 1.807) is 0 Å². The fraction of sp³-hybridized carbons (Fsp3) is 0.350. The molecule has 2 aromatic carbocycles. The van der Waals surface area contributed by atoms with E-state index in [1.807, 2.05) is 19.1 Å². The first-order chi connectivity index (χ1) is 11.1. The summed E-state index contributed by atoms with van der Waals surface area (Å²) in [6.07, 6.45) is 4.05. The number of rotatable bonds is 5. The lowest BCUT2D eigenvalue weighted by Crippen LogP contribution is -2.24. The van der Waals surface area contributed by atoms with Gasteiger partial charge in [-0.15, -0.1) is 0 Å². The minimum Gasteiger partial charge on any atom is -0.490 e. The molecular formula is C20H23NO2. The Morgan fingerprint density at radius 1 is 1.04 bits per heavy atom. The molecule has 0 aliphatic heterocycles. The molecule has 1 unspecified atom stereocenters. The molecule has 0 bridgehead atoms. The highest BCUT2D eigenvalue weighted by molar-refractivity contribution is 5.73. The van der Waals surface area contributed by atoms with Gasteiger partial charge >= 0.3 is 0 Å². The number of ether oxygens (including phenoxy) is 1. The molecule has 1 amide bonds. The molecule has 2 aromatic rings. The number of hydrogen-bond acceptors (Lipinski definition) is 2. The predicted molar refractivity (Wildman–Crippen MR) is 92.4 cm³/mol. The van der Waals surface area contributed by atoms with Gasteiger partial charge in [-0.2, -0.15) is 0 Å². The average Bonchev–Trinajstić information content (AvgIpc) is 2.51. The summed E-state index contributed by atoms with van der Waals surface area (Å²) in [6, 6.07) is 16.6. The molecule has 0 saturated heterocycles. The van der Waals surface area contributed by atoms with Crippen molar-refractivity contribution >= 4 is 5.91 Å². The number of amides is 1. The van der Waals surface area contributed by atoms with Crippen LogP contribution in [0.2, 0.25) is 0 Å². The molecule has 3 rings (SSSR count). The van der Waals surface area contributed by atoms with Crippen LogP contribution in [0.5, 0.6) is 5.75 Å². The largest absolute Gasteiger partial charge is 0.490 e. The van der Waals surface area contributed by atoms with Gasteiger partial charge in [-0.3, -0.25) is 4.79 Å². The van der Waals surface area contributed by atoms with Crippen molar-refractivity contribution in [3.8, 4) is 16.9 Å². The molecule has 120 valence electrons. The Bertz CT molecular complexity index is 657. The van der Waals surface area contributed by atoms with Crippen LogP contribution in [0.15, 0.2) is 48.5 Å². The van der Waals surface area contributed by atoms with Gasteiger partial charge in [-0.05, 0) is 55.0 Å². The predicted octanol–water partition coefficient (Wildman–Crippen LogP) is 4.48. The third-order valence-corrected chi connectivity index (χ3v) is 4.37. The maximum absolute atomic E-state index is 11.1. The van der Waals surface area contributed by atoms with Crippen molar-refractivity contribution in [2.45, 2.75) is 45.3 Å². The van der Waals surface area contributed by atoms with Crippen molar-refractivity contribution in [2.75, 3.05) is 0 Å². The Hall–Kier alpha value is -2.29. The van der Waals surface area contributed by atoms with E-state index < -0.39 is 0 Å². The zero-order valence-electron chi connectivity index (χ0n) is 13.7. The lowest BCUT2D eigenvalue weighted by Gasteiger charge is -2.26. The Morgan fingerprint density at radius 3 is 2.09 bits per heavy atom. The van der Waals surface area contributed by atoms with Crippen LogP contribution in [0.3, 0.4) is 0 Å². The maximum Gasteiger partial charge on any atom is 0.217 e. The van der Waals surface area contributed by atoms with E-state index in [1.165, 1.54) is 37.3 Å². The first-order valence-electron chi connectivity index (χ1n) is 8.26. The topological polar surface area (TPSA) is 38.3 Å². The Labute approximate surface area is 137 Å². The second-order valence-electron chi connectivity index (χ2n) is 6.24. The highest BCUT2D eigenvalue weighted by atomic mass is 16.5. The number of carbonyl (C=O) groups is 1. The van der Waals surface area contributed by atoms with Gasteiger partial charge in [0.15, 0.2) is 0 Å². The maximum atomic E-state index is 11.1. The first kappa shape index (κ1) is 15.6. The van der Waals surface area contributed by atoms with E-state index in [-0.39, 0.29) is 11.9 Å². The van der Waals surface area contributed by atoms with Crippen LogP contribution >= 0.6 is 0 Å². The summed E-state index contributed by atoms with van der Waals surface area (Å²) in [6.45, 7) is 3.53. The van der Waals surface area contributed by atoms with Gasteiger partial charge in [0.2, 0.25) is 5.91 Å². The van der Waals surface area contributed by atoms with E-state index in [2.05, 4.69) is 41.7 Å². The van der Waals surface area contributed by atoms with Crippen LogP contribution in [-0.2, 0) is 4.79 Å². The highest BCUT2D eigenvalue weighted by Crippen LogP contribution is 2.28. The molecule has 0 aromatic heterocycles. The van der Waals surface area contributed by atoms with Crippen LogP contribution in [0.1, 0.15) is 44.7 Å². The molecule has 1 N–H and O–H groups in total. The zero-order valence-corrected chi connectivity index (χ0v) is 13.7. The number of benzene rings is 2. The van der Waals surface area contributed by atoms with Crippen molar-refractivity contribution in [1.29, 1.82) is 0 Å². The minimum atomic E-state index is -0.0105. The summed E-state index contributed by atoms with van der Waals surface area (Å²) in [5, 5.41) is 2.90. The van der Waals surface area contributed by atoms with Gasteiger partial charge in [0.1, 0.15) is 5.75 Å². The van der Waals surface area contributed by atoms with Gasteiger partial charge in [0.25, 0.3) is 0 Å². The third kappa shape index (κ3) is 3.92. The van der Waals surface area contributed by atoms with E-state index in [4.69, 9.17) is 4.74 Å². The molecule has 0 spiro atoms. The molecule has 1 aliphatic rings. The summed E-state index contributed by atoms with van der Waals surface area (Å²) >= 11 is 0. The summed E-state index contributed by atoms with van der Waals surface area (Å²) in [5.74, 6) is 0.943. The van der Waals surface area contributed by atoms with Crippen LogP contribution in [0.4, 0.5) is 0 Å². The monoisotopic (exact) mass is 309 g/mol. The molecule has 3 heteroatoms.